The highest BCUT2D eigenvalue weighted by Crippen LogP contribution is 2.31. The molecule has 6 heteroatoms. The maximum atomic E-state index is 14.0. The Kier molecular flexibility index (Phi) is 5.46. The molecule has 3 aromatic carbocycles. The van der Waals surface area contributed by atoms with Gasteiger partial charge >= 0.3 is 5.63 Å². The van der Waals surface area contributed by atoms with E-state index < -0.39 is 11.4 Å². The van der Waals surface area contributed by atoms with Crippen LogP contribution in [0, 0.1) is 12.7 Å². The highest BCUT2D eigenvalue weighted by atomic mass is 35.5. The Morgan fingerprint density at radius 3 is 2.47 bits per heavy atom. The summed E-state index contributed by atoms with van der Waals surface area (Å²) < 4.78 is 30.4. The van der Waals surface area contributed by atoms with Gasteiger partial charge in [0, 0.05) is 10.9 Å². The van der Waals surface area contributed by atoms with Crippen LogP contribution in [0.15, 0.2) is 69.9 Å². The Labute approximate surface area is 177 Å². The third-order valence-electron chi connectivity index (χ3n) is 4.96. The van der Waals surface area contributed by atoms with E-state index >= 15 is 0 Å². The molecule has 0 amide bonds. The number of rotatable bonds is 5. The van der Waals surface area contributed by atoms with Crippen molar-refractivity contribution in [3.8, 4) is 22.6 Å². The summed E-state index contributed by atoms with van der Waals surface area (Å²) in [7, 11) is 1.58. The van der Waals surface area contributed by atoms with Crippen LogP contribution in [0.25, 0.3) is 22.1 Å². The molecule has 1 aromatic heterocycles. The number of benzene rings is 3. The second-order valence-corrected chi connectivity index (χ2v) is 7.17. The van der Waals surface area contributed by atoms with Crippen molar-refractivity contribution < 1.29 is 18.3 Å². The van der Waals surface area contributed by atoms with E-state index in [1.165, 1.54) is 6.07 Å². The summed E-state index contributed by atoms with van der Waals surface area (Å²) in [6.45, 7) is 1.84. The Bertz CT molecular complexity index is 1260. The Morgan fingerprint density at radius 1 is 1.03 bits per heavy atom. The largest absolute Gasteiger partial charge is 0.497 e. The number of halogens is 2. The van der Waals surface area contributed by atoms with Gasteiger partial charge in [0.25, 0.3) is 0 Å². The predicted molar refractivity (Wildman–Crippen MR) is 115 cm³/mol. The van der Waals surface area contributed by atoms with Crippen LogP contribution in [0.5, 0.6) is 11.5 Å². The third kappa shape index (κ3) is 3.76. The summed E-state index contributed by atoms with van der Waals surface area (Å²) in [4.78, 5) is 12.6. The van der Waals surface area contributed by atoms with Crippen LogP contribution >= 0.6 is 11.6 Å². The van der Waals surface area contributed by atoms with Crippen molar-refractivity contribution in [1.29, 1.82) is 0 Å². The maximum absolute atomic E-state index is 14.0. The van der Waals surface area contributed by atoms with E-state index in [9.17, 15) is 9.18 Å². The fraction of sp³-hybridized carbons (Fsp3) is 0.125. The summed E-state index contributed by atoms with van der Waals surface area (Å²) in [6, 6.07) is 16.8. The average molecular weight is 425 g/mol. The van der Waals surface area contributed by atoms with Gasteiger partial charge < -0.3 is 13.9 Å². The third-order valence-corrected chi connectivity index (χ3v) is 5.31. The van der Waals surface area contributed by atoms with Gasteiger partial charge in [-0.1, -0.05) is 29.8 Å². The highest BCUT2D eigenvalue weighted by molar-refractivity contribution is 6.31. The van der Waals surface area contributed by atoms with Crippen molar-refractivity contribution >= 4 is 22.6 Å². The molecule has 30 heavy (non-hydrogen) atoms. The van der Waals surface area contributed by atoms with Gasteiger partial charge in [-0.15, -0.1) is 0 Å². The quantitative estimate of drug-likeness (QED) is 0.360. The highest BCUT2D eigenvalue weighted by Gasteiger charge is 2.15. The van der Waals surface area contributed by atoms with Crippen LogP contribution in [0.4, 0.5) is 4.39 Å². The molecule has 0 spiro atoms. The number of aryl methyl sites for hydroxylation is 1. The number of methoxy groups -OCH3 is 1. The first-order valence-electron chi connectivity index (χ1n) is 9.25. The molecule has 0 radical (unpaired) electrons. The number of fused-ring (bicyclic) bond motifs is 1. The fourth-order valence-corrected chi connectivity index (χ4v) is 3.55. The zero-order valence-corrected chi connectivity index (χ0v) is 17.1. The van der Waals surface area contributed by atoms with E-state index in [0.29, 0.717) is 27.7 Å². The van der Waals surface area contributed by atoms with Gasteiger partial charge in [0.05, 0.1) is 17.7 Å². The summed E-state index contributed by atoms with van der Waals surface area (Å²) >= 11 is 6.06. The van der Waals surface area contributed by atoms with Gasteiger partial charge in [-0.25, -0.2) is 9.18 Å². The normalized spacial score (nSPS) is 10.9. The summed E-state index contributed by atoms with van der Waals surface area (Å²) in [5, 5.41) is 1.04. The van der Waals surface area contributed by atoms with Crippen molar-refractivity contribution in [1.82, 2.24) is 0 Å². The first-order chi connectivity index (χ1) is 14.5. The lowest BCUT2D eigenvalue weighted by Gasteiger charge is -2.12. The van der Waals surface area contributed by atoms with Gasteiger partial charge in [-0.2, -0.15) is 0 Å². The molecule has 4 rings (SSSR count). The Balaban J connectivity index is 1.72. The van der Waals surface area contributed by atoms with E-state index in [2.05, 4.69) is 0 Å². The molecular weight excluding hydrogens is 407 g/mol. The second-order valence-electron chi connectivity index (χ2n) is 6.76. The van der Waals surface area contributed by atoms with Crippen molar-refractivity contribution in [3.63, 3.8) is 0 Å². The number of hydrogen-bond acceptors (Lipinski definition) is 4. The maximum Gasteiger partial charge on any atom is 0.344 e. The molecule has 0 fully saturated rings. The smallest absolute Gasteiger partial charge is 0.344 e. The first-order valence-corrected chi connectivity index (χ1v) is 9.63. The SMILES string of the molecule is COc1ccc(-c2c(C)c3cc(OCc4c(F)cccc4Cl)ccc3oc2=O)cc1. The molecule has 1 heterocycles. The van der Waals surface area contributed by atoms with Crippen LogP contribution in [-0.4, -0.2) is 7.11 Å². The van der Waals surface area contributed by atoms with Crippen molar-refractivity contribution in [2.45, 2.75) is 13.5 Å². The molecule has 0 atom stereocenters. The van der Waals surface area contributed by atoms with Gasteiger partial charge in [0.15, 0.2) is 0 Å². The van der Waals surface area contributed by atoms with E-state index in [1.807, 2.05) is 19.1 Å². The fourth-order valence-electron chi connectivity index (χ4n) is 3.34. The summed E-state index contributed by atoms with van der Waals surface area (Å²) in [5.74, 6) is 0.788. The van der Waals surface area contributed by atoms with E-state index in [-0.39, 0.29) is 12.2 Å². The molecule has 4 aromatic rings. The minimum absolute atomic E-state index is 0.0157. The monoisotopic (exact) mass is 424 g/mol. The summed E-state index contributed by atoms with van der Waals surface area (Å²) in [6.07, 6.45) is 0. The minimum atomic E-state index is -0.424. The summed E-state index contributed by atoms with van der Waals surface area (Å²) in [5.41, 5.74) is 2.28. The molecule has 0 bridgehead atoms. The van der Waals surface area contributed by atoms with Crippen LogP contribution in [0.3, 0.4) is 0 Å². The van der Waals surface area contributed by atoms with Gasteiger partial charge in [0.1, 0.15) is 29.5 Å². The molecule has 0 saturated heterocycles. The molecule has 0 aliphatic carbocycles. The number of hydrogen-bond donors (Lipinski definition) is 0. The molecule has 152 valence electrons. The average Bonchev–Trinajstić information content (AvgIpc) is 2.74. The Hall–Kier alpha value is -3.31. The van der Waals surface area contributed by atoms with Gasteiger partial charge in [0.2, 0.25) is 0 Å². The first kappa shape index (κ1) is 20.0. The lowest BCUT2D eigenvalue weighted by molar-refractivity contribution is 0.300. The minimum Gasteiger partial charge on any atom is -0.497 e. The topological polar surface area (TPSA) is 48.7 Å². The van der Waals surface area contributed by atoms with Crippen LogP contribution in [0.1, 0.15) is 11.1 Å². The molecule has 0 saturated carbocycles. The Morgan fingerprint density at radius 2 is 1.77 bits per heavy atom. The van der Waals surface area contributed by atoms with E-state index in [1.54, 1.807) is 49.6 Å². The van der Waals surface area contributed by atoms with Crippen molar-refractivity contribution in [2.75, 3.05) is 7.11 Å². The molecule has 0 aliphatic rings. The predicted octanol–water partition coefficient (Wildman–Crippen LogP) is 6.15. The molecular formula is C24H18ClFO4. The van der Waals surface area contributed by atoms with Gasteiger partial charge in [-0.3, -0.25) is 0 Å². The lowest BCUT2D eigenvalue weighted by atomic mass is 9.99. The van der Waals surface area contributed by atoms with E-state index in [4.69, 9.17) is 25.5 Å². The molecule has 4 nitrogen and oxygen atoms in total. The van der Waals surface area contributed by atoms with Gasteiger partial charge in [-0.05, 0) is 60.5 Å². The van der Waals surface area contributed by atoms with E-state index in [0.717, 1.165) is 16.5 Å². The number of ether oxygens (including phenoxy) is 2. The zero-order chi connectivity index (χ0) is 21.3. The zero-order valence-electron chi connectivity index (χ0n) is 16.4. The van der Waals surface area contributed by atoms with Crippen molar-refractivity contribution in [3.05, 3.63) is 93.1 Å². The molecule has 0 aliphatic heterocycles. The van der Waals surface area contributed by atoms with Crippen LogP contribution in [0.2, 0.25) is 5.02 Å². The second kappa shape index (κ2) is 8.20. The van der Waals surface area contributed by atoms with Crippen LogP contribution < -0.4 is 15.1 Å². The lowest BCUT2D eigenvalue weighted by Crippen LogP contribution is -2.06. The molecule has 0 unspecified atom stereocenters. The van der Waals surface area contributed by atoms with Crippen LogP contribution in [-0.2, 0) is 6.61 Å². The molecule has 0 N–H and O–H groups in total. The standard InChI is InChI=1S/C24H18ClFO4/c1-14-18-12-17(29-13-19-20(25)4-3-5-21(19)26)10-11-22(18)30-24(27)23(14)15-6-8-16(28-2)9-7-15/h3-12H,13H2,1-2H3. The van der Waals surface area contributed by atoms with Crippen molar-refractivity contribution in [2.24, 2.45) is 0 Å².